The average Bonchev–Trinajstić information content (AvgIpc) is 0.963. The first kappa shape index (κ1) is 91.1. The van der Waals surface area contributed by atoms with Gasteiger partial charge >= 0.3 is 53.2 Å². The Bertz CT molecular complexity index is 3380. The minimum atomic E-state index is -4.20. The van der Waals surface area contributed by atoms with Crippen LogP contribution < -0.4 is 5.30 Å². The molecule has 100 heavy (non-hydrogen) atoms. The van der Waals surface area contributed by atoms with Crippen molar-refractivity contribution in [3.8, 4) is 23.4 Å². The van der Waals surface area contributed by atoms with Crippen LogP contribution in [0.1, 0.15) is 214 Å². The van der Waals surface area contributed by atoms with Gasteiger partial charge < -0.3 is 68.5 Å². The summed E-state index contributed by atoms with van der Waals surface area (Å²) < 4.78 is 88.5. The van der Waals surface area contributed by atoms with E-state index in [-0.39, 0.29) is 22.5 Å². The summed E-state index contributed by atoms with van der Waals surface area (Å²) in [4.78, 5) is 128. The van der Waals surface area contributed by atoms with Gasteiger partial charge in [-0.2, -0.15) is 23.5 Å². The van der Waals surface area contributed by atoms with Crippen LogP contribution in [0.4, 0.5) is 4.39 Å². The molecule has 2 aromatic carbocycles. The molecule has 5 saturated carbocycles. The van der Waals surface area contributed by atoms with E-state index in [2.05, 4.69) is 87.1 Å². The van der Waals surface area contributed by atoms with Gasteiger partial charge in [0.1, 0.15) is 5.82 Å². The lowest BCUT2D eigenvalue weighted by atomic mass is 9.78. The second-order valence-electron chi connectivity index (χ2n) is 27.2. The van der Waals surface area contributed by atoms with E-state index in [9.17, 15) is 36.3 Å². The van der Waals surface area contributed by atoms with Crippen LogP contribution in [0.3, 0.4) is 0 Å². The normalized spacial score (nSPS) is 26.9. The first-order valence-electron chi connectivity index (χ1n) is 34.8. The zero-order valence-corrected chi connectivity index (χ0v) is 66.6. The number of thiophene rings is 1. The highest BCUT2D eigenvalue weighted by atomic mass is 32.2. The molecule has 0 bridgehead atoms. The lowest BCUT2D eigenvalue weighted by Gasteiger charge is -2.35. The first-order chi connectivity index (χ1) is 46.7. The summed E-state index contributed by atoms with van der Waals surface area (Å²) in [5.74, 6) is 16.5. The summed E-state index contributed by atoms with van der Waals surface area (Å²) in [6.07, 6.45) is 26.8. The van der Waals surface area contributed by atoms with Crippen LogP contribution in [-0.2, 0) is 32.0 Å². The number of allylic oxidation sites excluding steroid dienone is 2. The van der Waals surface area contributed by atoms with Crippen molar-refractivity contribution in [2.24, 2.45) is 29.6 Å². The predicted octanol–water partition coefficient (Wildman–Crippen LogP) is 16.0. The summed E-state index contributed by atoms with van der Waals surface area (Å²) in [5, 5.41) is -0.168. The number of hydrogen-bond donors (Lipinski definition) is 14. The molecule has 1 aromatic heterocycles. The monoisotopic (exact) mass is 1590 g/mol. The Morgan fingerprint density at radius 3 is 1.29 bits per heavy atom. The Morgan fingerprint density at radius 1 is 0.460 bits per heavy atom. The van der Waals surface area contributed by atoms with Crippen LogP contribution in [0.5, 0.6) is 0 Å². The van der Waals surface area contributed by atoms with E-state index < -0.39 is 76.0 Å². The van der Waals surface area contributed by atoms with Gasteiger partial charge in [0.15, 0.2) is 0 Å². The Kier molecular flexibility index (Phi) is 40.3. The topological polar surface area (TPSA) is 403 Å². The van der Waals surface area contributed by atoms with Crippen LogP contribution in [0.15, 0.2) is 72.8 Å². The van der Waals surface area contributed by atoms with Gasteiger partial charge in [0, 0.05) is 39.4 Å². The maximum atomic E-state index is 12.2. The van der Waals surface area contributed by atoms with E-state index >= 15 is 0 Å². The van der Waals surface area contributed by atoms with E-state index in [1.165, 1.54) is 45.2 Å². The molecule has 2 saturated heterocycles. The number of aryl methyl sites for hydroxylation is 2. The number of benzene rings is 2. The van der Waals surface area contributed by atoms with Crippen molar-refractivity contribution in [2.75, 3.05) is 23.0 Å². The second kappa shape index (κ2) is 44.2. The van der Waals surface area contributed by atoms with Crippen molar-refractivity contribution in [1.29, 1.82) is 0 Å². The van der Waals surface area contributed by atoms with E-state index in [0.717, 1.165) is 150 Å². The van der Waals surface area contributed by atoms with E-state index in [0.29, 0.717) is 75.0 Å². The molecule has 0 radical (unpaired) electrons. The van der Waals surface area contributed by atoms with Gasteiger partial charge in [0.2, 0.25) is 0 Å². The standard InChI is InChI=1S/C13H19O3P.C11H17O3PS.C11H21O3PS.C10H19O3P.C10H17O3P.C7H11O3PS.C6H6FO3P/c1-10-2-4-11(5-3-10)12-6-8-13(9-7-12)17(14,15)16;1-8-2-7-11(16-8)9-3-5-10(6-4-9)15(12,13)14;12-15(13,14)11-5-3-9(4-6-11)10-2-1-7-16-8-10;2*1-2-3-4-9-5-7-10(8-6-9)14(11,12)13;8-11(9,10)4-3-7-2-1-5-12-6-7;7-5-1-3-6(4-2-5)11(8,9)10/h2-5,12-13H,6-9H2,1H3,(H2,14,15,16);2,7,9-10H,3-6H2,1H3,(H2,12,13,14);9-11H,1-8H2,(H2,12,13,14);3-4,9-10H,2,5-8H2,1H3,(H2,11,12,13);9-10H,2,5-8H2,1H3,(H2,11,12,13);7H,1-2,5-6H2,(H2,8,9,10);1-4H,(H2,8,9,10)/b;;;4-3+;;;. The second-order valence-corrected chi connectivity index (χ2v) is 43.3. The quantitative estimate of drug-likeness (QED) is 0.0482. The van der Waals surface area contributed by atoms with Gasteiger partial charge in [-0.05, 0) is 263 Å². The summed E-state index contributed by atoms with van der Waals surface area (Å²) in [6, 6.07) is 16.9. The molecule has 10 rings (SSSR count). The van der Waals surface area contributed by atoms with Crippen molar-refractivity contribution >= 4 is 93.3 Å². The molecule has 14 N–H and O–H groups in total. The molecule has 32 heteroatoms. The summed E-state index contributed by atoms with van der Waals surface area (Å²) >= 11 is 5.66. The van der Waals surface area contributed by atoms with Crippen LogP contribution in [0.2, 0.25) is 0 Å². The van der Waals surface area contributed by atoms with Crippen LogP contribution in [-0.4, -0.2) is 120 Å². The molecular formula is C68H110FO21P7S3. The highest BCUT2D eigenvalue weighted by Gasteiger charge is 2.38. The fourth-order valence-corrected chi connectivity index (χ4v) is 22.6. The molecule has 5 aliphatic carbocycles. The Hall–Kier alpha value is -1.32. The van der Waals surface area contributed by atoms with Gasteiger partial charge in [0.05, 0.1) is 33.6 Å². The third-order valence-corrected chi connectivity index (χ3v) is 31.7. The van der Waals surface area contributed by atoms with Crippen LogP contribution in [0, 0.1) is 72.7 Å². The lowest BCUT2D eigenvalue weighted by Crippen LogP contribution is -2.27. The van der Waals surface area contributed by atoms with Crippen LogP contribution in [0.25, 0.3) is 0 Å². The fourth-order valence-electron chi connectivity index (χ4n) is 13.4. The van der Waals surface area contributed by atoms with Crippen LogP contribution >= 0.6 is 88.0 Å². The largest absolute Gasteiger partial charge is 0.400 e. The van der Waals surface area contributed by atoms with E-state index in [4.69, 9.17) is 68.5 Å². The van der Waals surface area contributed by atoms with E-state index in [1.807, 2.05) is 35.7 Å². The minimum absolute atomic E-state index is 0.168. The number of thioether (sulfide) groups is 2. The molecule has 21 nitrogen and oxygen atoms in total. The molecular weight excluding hydrogens is 1480 g/mol. The molecule has 3 heterocycles. The molecule has 0 amide bonds. The van der Waals surface area contributed by atoms with Crippen molar-refractivity contribution in [1.82, 2.24) is 0 Å². The molecule has 7 aliphatic rings. The zero-order valence-electron chi connectivity index (χ0n) is 57.9. The SMILES string of the molecule is CC/C=C/C1CCC(P(=O)(O)O)CC1.CCC#CC1CCC(P(=O)(O)O)CC1.Cc1ccc(C2CCC(P(=O)(O)O)CC2)cc1.Cc1ccc(C2CCC(P(=O)(O)O)CC2)s1.O=P(O)(O)C#CC1CCCSC1.O=P(O)(O)C1CCC(C2CCCSC2)CC1.O=P(O)(O)c1ccc(F)cc1. The van der Waals surface area contributed by atoms with Crippen molar-refractivity contribution in [3.05, 3.63) is 99.5 Å². The molecule has 3 aromatic rings. The molecule has 0 spiro atoms. The van der Waals surface area contributed by atoms with E-state index in [1.54, 1.807) is 11.8 Å². The smallest absolute Gasteiger partial charge is 0.324 e. The van der Waals surface area contributed by atoms with Gasteiger partial charge in [0.25, 0.3) is 0 Å². The van der Waals surface area contributed by atoms with Gasteiger partial charge in [-0.1, -0.05) is 67.7 Å². The lowest BCUT2D eigenvalue weighted by molar-refractivity contribution is 0.239. The molecule has 568 valence electrons. The highest BCUT2D eigenvalue weighted by molar-refractivity contribution is 7.99. The zero-order chi connectivity index (χ0) is 74.5. The van der Waals surface area contributed by atoms with Gasteiger partial charge in [-0.3, -0.25) is 27.4 Å². The number of rotatable bonds is 11. The first-order valence-corrected chi connectivity index (χ1v) is 49.5. The van der Waals surface area contributed by atoms with Crippen molar-refractivity contribution in [2.45, 2.75) is 235 Å². The number of halogens is 1. The third-order valence-electron chi connectivity index (χ3n) is 19.4. The minimum Gasteiger partial charge on any atom is -0.324 e. The Labute approximate surface area is 604 Å². The predicted molar refractivity (Wildman–Crippen MR) is 403 cm³/mol. The number of hydrogen-bond acceptors (Lipinski definition) is 10. The molecule has 2 aliphatic heterocycles. The molecule has 2 unspecified atom stereocenters. The Morgan fingerprint density at radius 2 is 0.900 bits per heavy atom. The molecule has 2 atom stereocenters. The molecule has 7 fully saturated rings. The fraction of sp³-hybridized carbons (Fsp3) is 0.676. The van der Waals surface area contributed by atoms with Gasteiger partial charge in [-0.15, -0.1) is 17.3 Å². The average molecular weight is 1600 g/mol. The summed E-state index contributed by atoms with van der Waals surface area (Å²) in [6.45, 7) is 8.26. The summed E-state index contributed by atoms with van der Waals surface area (Å²) in [5.41, 5.74) is 2.59. The van der Waals surface area contributed by atoms with Crippen molar-refractivity contribution < 1.29 is 105 Å². The third kappa shape index (κ3) is 36.5. The highest BCUT2D eigenvalue weighted by Crippen LogP contribution is 2.54. The maximum Gasteiger partial charge on any atom is 0.400 e. The summed E-state index contributed by atoms with van der Waals surface area (Å²) in [7, 11) is -27.5. The maximum absolute atomic E-state index is 12.2. The van der Waals surface area contributed by atoms with Gasteiger partial charge in [-0.25, -0.2) is 8.96 Å². The Balaban J connectivity index is 0.000000249. The van der Waals surface area contributed by atoms with Crippen molar-refractivity contribution in [3.63, 3.8) is 0 Å².